The van der Waals surface area contributed by atoms with Crippen LogP contribution in [0, 0.1) is 6.92 Å². The van der Waals surface area contributed by atoms with Crippen molar-refractivity contribution < 1.29 is 9.47 Å². The van der Waals surface area contributed by atoms with Crippen LogP contribution in [0.5, 0.6) is 11.6 Å². The highest BCUT2D eigenvalue weighted by atomic mass is 32.1. The van der Waals surface area contributed by atoms with Gasteiger partial charge in [0, 0.05) is 7.11 Å². The predicted octanol–water partition coefficient (Wildman–Crippen LogP) is 3.98. The molecule has 0 aliphatic carbocycles. The summed E-state index contributed by atoms with van der Waals surface area (Å²) < 4.78 is 12.0. The molecule has 2 aromatic heterocycles. The van der Waals surface area contributed by atoms with Crippen molar-refractivity contribution >= 4 is 21.6 Å². The first-order chi connectivity index (χ1) is 10.3. The van der Waals surface area contributed by atoms with Crippen molar-refractivity contribution in [3.63, 3.8) is 0 Å². The molecular weight excluding hydrogens is 284 g/mol. The van der Waals surface area contributed by atoms with Gasteiger partial charge >= 0.3 is 0 Å². The van der Waals surface area contributed by atoms with Gasteiger partial charge in [-0.1, -0.05) is 12.1 Å². The van der Waals surface area contributed by atoms with Crippen molar-refractivity contribution in [1.29, 1.82) is 0 Å². The fraction of sp³-hybridized carbons (Fsp3) is 0.250. The Morgan fingerprint density at radius 3 is 2.71 bits per heavy atom. The van der Waals surface area contributed by atoms with Crippen molar-refractivity contribution in [3.05, 3.63) is 47.1 Å². The van der Waals surface area contributed by atoms with Crippen LogP contribution >= 0.6 is 11.3 Å². The van der Waals surface area contributed by atoms with Crippen LogP contribution in [0.1, 0.15) is 11.1 Å². The zero-order valence-electron chi connectivity index (χ0n) is 12.0. The zero-order valence-corrected chi connectivity index (χ0v) is 12.8. The number of benzene rings is 1. The topological polar surface area (TPSA) is 44.2 Å². The van der Waals surface area contributed by atoms with Crippen molar-refractivity contribution in [3.8, 4) is 11.6 Å². The molecule has 4 nitrogen and oxygen atoms in total. The second kappa shape index (κ2) is 6.20. The molecule has 0 radical (unpaired) electrons. The quantitative estimate of drug-likeness (QED) is 0.715. The molecule has 0 spiro atoms. The number of nitrogens with zero attached hydrogens (tertiary/aromatic N) is 2. The minimum Gasteiger partial charge on any atom is -0.437 e. The molecule has 3 rings (SSSR count). The summed E-state index contributed by atoms with van der Waals surface area (Å²) in [6.07, 6.45) is 2.45. The maximum atomic E-state index is 5.89. The normalized spacial score (nSPS) is 11.0. The highest BCUT2D eigenvalue weighted by Gasteiger charge is 2.10. The number of rotatable bonds is 5. The molecule has 0 atom stereocenters. The molecule has 3 aromatic rings. The van der Waals surface area contributed by atoms with Gasteiger partial charge < -0.3 is 9.47 Å². The third kappa shape index (κ3) is 3.04. The van der Waals surface area contributed by atoms with E-state index < -0.39 is 0 Å². The van der Waals surface area contributed by atoms with Crippen LogP contribution in [0.2, 0.25) is 0 Å². The Labute approximate surface area is 127 Å². The second-order valence-electron chi connectivity index (χ2n) is 4.76. The summed E-state index contributed by atoms with van der Waals surface area (Å²) >= 11 is 1.61. The Hall–Kier alpha value is -1.98. The Morgan fingerprint density at radius 2 is 1.95 bits per heavy atom. The monoisotopic (exact) mass is 300 g/mol. The maximum Gasteiger partial charge on any atom is 0.240 e. The highest BCUT2D eigenvalue weighted by Crippen LogP contribution is 2.32. The average molecular weight is 300 g/mol. The maximum absolute atomic E-state index is 5.89. The number of methoxy groups -OCH3 is 1. The lowest BCUT2D eigenvalue weighted by Gasteiger charge is -2.06. The summed E-state index contributed by atoms with van der Waals surface area (Å²) in [4.78, 5) is 8.54. The minimum absolute atomic E-state index is 0.614. The molecule has 0 aliphatic rings. The number of thiophene rings is 1. The fourth-order valence-corrected chi connectivity index (χ4v) is 3.00. The van der Waals surface area contributed by atoms with Gasteiger partial charge in [0.15, 0.2) is 0 Å². The molecule has 0 amide bonds. The van der Waals surface area contributed by atoms with E-state index in [9.17, 15) is 0 Å². The summed E-state index contributed by atoms with van der Waals surface area (Å²) in [6.45, 7) is 2.77. The summed E-state index contributed by atoms with van der Waals surface area (Å²) in [5.74, 6) is 1.39. The van der Waals surface area contributed by atoms with Gasteiger partial charge in [-0.25, -0.2) is 9.97 Å². The number of ether oxygens (including phenoxy) is 2. The molecule has 2 heterocycles. The van der Waals surface area contributed by atoms with Crippen LogP contribution < -0.4 is 4.74 Å². The summed E-state index contributed by atoms with van der Waals surface area (Å²) in [5, 5.41) is 2.07. The lowest BCUT2D eigenvalue weighted by atomic mass is 10.1. The predicted molar refractivity (Wildman–Crippen MR) is 84.2 cm³/mol. The Balaban J connectivity index is 1.82. The number of aromatic nitrogens is 2. The smallest absolute Gasteiger partial charge is 0.240 e. The van der Waals surface area contributed by atoms with E-state index in [-0.39, 0.29) is 0 Å². The molecule has 0 aliphatic heterocycles. The lowest BCUT2D eigenvalue weighted by molar-refractivity contribution is 0.202. The first-order valence-corrected chi connectivity index (χ1v) is 7.60. The zero-order chi connectivity index (χ0) is 14.7. The summed E-state index contributed by atoms with van der Waals surface area (Å²) in [7, 11) is 1.71. The largest absolute Gasteiger partial charge is 0.437 e. The van der Waals surface area contributed by atoms with E-state index in [1.807, 2.05) is 31.2 Å². The molecule has 21 heavy (non-hydrogen) atoms. The fourth-order valence-electron chi connectivity index (χ4n) is 2.08. The van der Waals surface area contributed by atoms with Gasteiger partial charge in [-0.2, -0.15) is 0 Å². The minimum atomic E-state index is 0.614. The molecule has 0 N–H and O–H groups in total. The molecule has 0 unspecified atom stereocenters. The average Bonchev–Trinajstić information content (AvgIpc) is 2.89. The van der Waals surface area contributed by atoms with Gasteiger partial charge in [-0.3, -0.25) is 0 Å². The number of fused-ring (bicyclic) bond motifs is 1. The van der Waals surface area contributed by atoms with E-state index in [1.165, 1.54) is 5.56 Å². The van der Waals surface area contributed by atoms with E-state index in [2.05, 4.69) is 15.3 Å². The van der Waals surface area contributed by atoms with Gasteiger partial charge in [0.1, 0.15) is 16.8 Å². The highest BCUT2D eigenvalue weighted by molar-refractivity contribution is 7.17. The molecular formula is C16H16N2O2S. The number of hydrogen-bond donors (Lipinski definition) is 0. The third-order valence-electron chi connectivity index (χ3n) is 3.23. The van der Waals surface area contributed by atoms with Crippen LogP contribution in [0.3, 0.4) is 0 Å². The molecule has 5 heteroatoms. The molecule has 1 aromatic carbocycles. The third-order valence-corrected chi connectivity index (χ3v) is 4.31. The SMILES string of the molecule is COCCc1ccc(Oc2ncnc3c(C)csc23)cc1. The van der Waals surface area contributed by atoms with E-state index in [4.69, 9.17) is 9.47 Å². The van der Waals surface area contributed by atoms with Crippen LogP contribution in [-0.2, 0) is 11.2 Å². The van der Waals surface area contributed by atoms with Gasteiger partial charge in [0.05, 0.1) is 12.1 Å². The summed E-state index contributed by atoms with van der Waals surface area (Å²) in [5.41, 5.74) is 3.34. The Bertz CT molecular complexity index is 738. The van der Waals surface area contributed by atoms with Gasteiger partial charge in [-0.05, 0) is 42.0 Å². The standard InChI is InChI=1S/C16H16N2O2S/c1-11-9-21-15-14(11)17-10-18-16(15)20-13-5-3-12(4-6-13)7-8-19-2/h3-6,9-10H,7-8H2,1-2H3. The van der Waals surface area contributed by atoms with Crippen molar-refractivity contribution in [2.45, 2.75) is 13.3 Å². The molecule has 108 valence electrons. The summed E-state index contributed by atoms with van der Waals surface area (Å²) in [6, 6.07) is 8.01. The van der Waals surface area contributed by atoms with E-state index in [0.29, 0.717) is 5.88 Å². The van der Waals surface area contributed by atoms with Crippen LogP contribution in [0.4, 0.5) is 0 Å². The number of hydrogen-bond acceptors (Lipinski definition) is 5. The molecule has 0 saturated heterocycles. The van der Waals surface area contributed by atoms with Crippen molar-refractivity contribution in [2.75, 3.05) is 13.7 Å². The van der Waals surface area contributed by atoms with Gasteiger partial charge in [0.25, 0.3) is 0 Å². The van der Waals surface area contributed by atoms with Crippen LogP contribution in [-0.4, -0.2) is 23.7 Å². The van der Waals surface area contributed by atoms with E-state index in [1.54, 1.807) is 24.8 Å². The molecule has 0 saturated carbocycles. The first-order valence-electron chi connectivity index (χ1n) is 6.72. The van der Waals surface area contributed by atoms with Crippen molar-refractivity contribution in [2.24, 2.45) is 0 Å². The van der Waals surface area contributed by atoms with E-state index >= 15 is 0 Å². The van der Waals surface area contributed by atoms with Gasteiger partial charge in [0.2, 0.25) is 5.88 Å². The molecule has 0 bridgehead atoms. The van der Waals surface area contributed by atoms with E-state index in [0.717, 1.165) is 34.6 Å². The number of aryl methyl sites for hydroxylation is 1. The molecule has 0 fully saturated rings. The van der Waals surface area contributed by atoms with Crippen LogP contribution in [0.15, 0.2) is 36.0 Å². The van der Waals surface area contributed by atoms with Gasteiger partial charge in [-0.15, -0.1) is 11.3 Å². The van der Waals surface area contributed by atoms with Crippen LogP contribution in [0.25, 0.3) is 10.2 Å². The Morgan fingerprint density at radius 1 is 1.14 bits per heavy atom. The first kappa shape index (κ1) is 14.0. The Kier molecular flexibility index (Phi) is 4.13. The second-order valence-corrected chi connectivity index (χ2v) is 5.64. The lowest BCUT2D eigenvalue weighted by Crippen LogP contribution is -1.94. The van der Waals surface area contributed by atoms with Crippen molar-refractivity contribution in [1.82, 2.24) is 9.97 Å².